The van der Waals surface area contributed by atoms with Crippen LogP contribution in [0.1, 0.15) is 74.6 Å². The van der Waals surface area contributed by atoms with Crippen molar-refractivity contribution in [2.24, 2.45) is 0 Å². The summed E-state index contributed by atoms with van der Waals surface area (Å²) in [6, 6.07) is 24.5. The van der Waals surface area contributed by atoms with Gasteiger partial charge in [0.1, 0.15) is 41.4 Å². The number of benzene rings is 4. The zero-order chi connectivity index (χ0) is 42.4. The van der Waals surface area contributed by atoms with Crippen LogP contribution in [0, 0.1) is 13.8 Å². The number of hydrogen-bond donors (Lipinski definition) is 0. The summed E-state index contributed by atoms with van der Waals surface area (Å²) in [7, 11) is 6.57. The molecular weight excluding hydrogens is 773 g/mol. The molecule has 2 saturated heterocycles. The molecule has 2 aromatic heterocycles. The highest BCUT2D eigenvalue weighted by atomic mass is 16.7. The first kappa shape index (κ1) is 40.6. The topological polar surface area (TPSA) is 106 Å². The molecule has 12 nitrogen and oxygen atoms in total. The van der Waals surface area contributed by atoms with Gasteiger partial charge in [0.25, 0.3) is 0 Å². The second kappa shape index (κ2) is 16.9. The highest BCUT2D eigenvalue weighted by Gasteiger charge is 2.38. The molecule has 318 valence electrons. The molecule has 12 heteroatoms. The lowest BCUT2D eigenvalue weighted by Crippen LogP contribution is -2.47. The van der Waals surface area contributed by atoms with E-state index in [-0.39, 0.29) is 23.7 Å². The van der Waals surface area contributed by atoms with Gasteiger partial charge >= 0.3 is 0 Å². The fourth-order valence-electron chi connectivity index (χ4n) is 9.69. The average molecular weight is 827 g/mol. The Morgan fingerprint density at radius 2 is 1.18 bits per heavy atom. The molecule has 0 spiro atoms. The normalized spacial score (nSPS) is 19.4. The highest BCUT2D eigenvalue weighted by molar-refractivity contribution is 6.19. The predicted octanol–water partition coefficient (Wildman–Crippen LogP) is 8.03. The first-order valence-electron chi connectivity index (χ1n) is 21.2. The van der Waals surface area contributed by atoms with E-state index in [0.29, 0.717) is 23.5 Å². The van der Waals surface area contributed by atoms with Crippen LogP contribution < -0.4 is 23.7 Å². The molecular formula is C49H54N4O8. The summed E-state index contributed by atoms with van der Waals surface area (Å²) >= 11 is 0. The van der Waals surface area contributed by atoms with E-state index >= 15 is 0 Å². The Labute approximate surface area is 356 Å². The van der Waals surface area contributed by atoms with Crippen LogP contribution in [0.2, 0.25) is 0 Å². The summed E-state index contributed by atoms with van der Waals surface area (Å²) in [5, 5.41) is 1.81. The van der Waals surface area contributed by atoms with Crippen molar-refractivity contribution in [1.82, 2.24) is 18.9 Å². The Bertz CT molecular complexity index is 2580. The third kappa shape index (κ3) is 7.30. The van der Waals surface area contributed by atoms with E-state index in [4.69, 9.17) is 28.4 Å². The van der Waals surface area contributed by atoms with Gasteiger partial charge in [-0.1, -0.05) is 12.1 Å². The standard InChI is InChI=1S/C25H28N2O4.C24H26N2O4/c1-16-23(25(28)17-6-8-19(29-2)9-7-17)21-12-20(30-3)13-22-24(21)27(16)18(15-31-22)14-26-10-4-5-11-26;1-15-21(23(27)16-8-10-17(28-2)11-9-16)18-6-4-7-20-22(18)26(15)19(24(29-3)30-20)14-25-12-5-13-25/h6-9,12-13,18H,4-5,10-11,14-15H2,1-3H3;4,6-11,19,24H,5,12-14H2,1-3H3. The fraction of sp³-hybridized carbons (Fsp3) is 0.388. The van der Waals surface area contributed by atoms with Gasteiger partial charge in [0.05, 0.1) is 49.5 Å². The third-order valence-electron chi connectivity index (χ3n) is 12.9. The second-order valence-electron chi connectivity index (χ2n) is 16.4. The van der Waals surface area contributed by atoms with Crippen molar-refractivity contribution in [1.29, 1.82) is 0 Å². The smallest absolute Gasteiger partial charge is 0.221 e. The van der Waals surface area contributed by atoms with Crippen molar-refractivity contribution >= 4 is 33.4 Å². The lowest BCUT2D eigenvalue weighted by molar-refractivity contribution is -0.101. The molecule has 4 aromatic carbocycles. The molecule has 4 aliphatic heterocycles. The number of rotatable bonds is 12. The molecule has 0 bridgehead atoms. The molecule has 0 saturated carbocycles. The molecule has 10 rings (SSSR count). The number of ketones is 2. The largest absolute Gasteiger partial charge is 0.497 e. The van der Waals surface area contributed by atoms with Gasteiger partial charge in [-0.05, 0) is 120 Å². The zero-order valence-electron chi connectivity index (χ0n) is 35.9. The number of para-hydroxylation sites is 1. The first-order chi connectivity index (χ1) is 29.7. The van der Waals surface area contributed by atoms with Gasteiger partial charge in [0.15, 0.2) is 11.6 Å². The van der Waals surface area contributed by atoms with Gasteiger partial charge in [-0.2, -0.15) is 0 Å². The summed E-state index contributed by atoms with van der Waals surface area (Å²) in [6.07, 6.45) is 3.34. The van der Waals surface area contributed by atoms with E-state index < -0.39 is 6.29 Å². The van der Waals surface area contributed by atoms with Crippen molar-refractivity contribution in [3.8, 4) is 28.7 Å². The van der Waals surface area contributed by atoms with Crippen LogP contribution in [0.4, 0.5) is 0 Å². The summed E-state index contributed by atoms with van der Waals surface area (Å²) in [5.74, 6) is 3.72. The molecule has 3 unspecified atom stereocenters. The van der Waals surface area contributed by atoms with Crippen LogP contribution in [0.5, 0.6) is 28.7 Å². The highest BCUT2D eigenvalue weighted by Crippen LogP contribution is 2.44. The fourth-order valence-corrected chi connectivity index (χ4v) is 9.69. The minimum absolute atomic E-state index is 0.00456. The summed E-state index contributed by atoms with van der Waals surface area (Å²) in [6.45, 7) is 10.9. The molecule has 0 aliphatic carbocycles. The van der Waals surface area contributed by atoms with Gasteiger partial charge in [-0.15, -0.1) is 0 Å². The lowest BCUT2D eigenvalue weighted by Gasteiger charge is -2.40. The molecule has 6 aromatic rings. The number of likely N-dealkylation sites (tertiary alicyclic amines) is 2. The van der Waals surface area contributed by atoms with Gasteiger partial charge < -0.3 is 47.4 Å². The Morgan fingerprint density at radius 1 is 0.623 bits per heavy atom. The molecule has 61 heavy (non-hydrogen) atoms. The van der Waals surface area contributed by atoms with Crippen molar-refractivity contribution < 1.29 is 38.0 Å². The van der Waals surface area contributed by atoms with Crippen LogP contribution in [-0.2, 0) is 4.74 Å². The summed E-state index contributed by atoms with van der Waals surface area (Å²) in [5.41, 5.74) is 6.64. The average Bonchev–Trinajstić information content (AvgIpc) is 3.99. The lowest BCUT2D eigenvalue weighted by atomic mass is 10.00. The molecule has 2 fully saturated rings. The van der Waals surface area contributed by atoms with Gasteiger partial charge in [0, 0.05) is 59.6 Å². The van der Waals surface area contributed by atoms with Crippen molar-refractivity contribution in [2.75, 3.05) is 74.3 Å². The number of nitrogens with zero attached hydrogens (tertiary/aromatic N) is 4. The van der Waals surface area contributed by atoms with Gasteiger partial charge in [-0.3, -0.25) is 9.59 Å². The van der Waals surface area contributed by atoms with Crippen LogP contribution in [0.3, 0.4) is 0 Å². The monoisotopic (exact) mass is 826 g/mol. The summed E-state index contributed by atoms with van der Waals surface area (Å²) in [4.78, 5) is 32.1. The number of hydrogen-bond acceptors (Lipinski definition) is 10. The minimum Gasteiger partial charge on any atom is -0.497 e. The van der Waals surface area contributed by atoms with E-state index in [0.717, 1.165) is 107 Å². The van der Waals surface area contributed by atoms with Gasteiger partial charge in [0.2, 0.25) is 6.29 Å². The van der Waals surface area contributed by atoms with E-state index in [1.807, 2.05) is 85.8 Å². The van der Waals surface area contributed by atoms with Crippen molar-refractivity contribution in [3.63, 3.8) is 0 Å². The molecule has 0 radical (unpaired) electrons. The SMILES string of the molecule is COc1ccc(C(=O)c2c(C)n3c4c(cc(OC)cc24)OCC3CN2CCCC2)cc1.COc1ccc(C(=O)c2c(C)n3c4c(cccc24)OC(OC)C3CN2CCC2)cc1. The molecule has 6 heterocycles. The van der Waals surface area contributed by atoms with E-state index in [2.05, 4.69) is 25.9 Å². The van der Waals surface area contributed by atoms with Crippen LogP contribution in [0.15, 0.2) is 78.9 Å². The number of carbonyl (C=O) groups is 2. The number of methoxy groups -OCH3 is 4. The Balaban J connectivity index is 0.000000156. The first-order valence-corrected chi connectivity index (χ1v) is 21.2. The number of carbonyl (C=O) groups excluding carboxylic acids is 2. The molecule has 0 N–H and O–H groups in total. The van der Waals surface area contributed by atoms with Crippen molar-refractivity contribution in [2.45, 2.75) is 51.5 Å². The van der Waals surface area contributed by atoms with E-state index in [9.17, 15) is 9.59 Å². The number of ether oxygens (including phenoxy) is 6. The predicted molar refractivity (Wildman–Crippen MR) is 234 cm³/mol. The van der Waals surface area contributed by atoms with Crippen LogP contribution >= 0.6 is 0 Å². The van der Waals surface area contributed by atoms with Gasteiger partial charge in [-0.25, -0.2) is 0 Å². The second-order valence-corrected chi connectivity index (χ2v) is 16.4. The minimum atomic E-state index is -0.390. The van der Waals surface area contributed by atoms with Crippen LogP contribution in [-0.4, -0.2) is 111 Å². The molecule has 4 aliphatic rings. The summed E-state index contributed by atoms with van der Waals surface area (Å²) < 4.78 is 38.7. The maximum absolute atomic E-state index is 13.6. The number of aromatic nitrogens is 2. The van der Waals surface area contributed by atoms with E-state index in [1.54, 1.807) is 28.4 Å². The van der Waals surface area contributed by atoms with Crippen molar-refractivity contribution in [3.05, 3.63) is 113 Å². The van der Waals surface area contributed by atoms with E-state index in [1.165, 1.54) is 19.3 Å². The Morgan fingerprint density at radius 3 is 1.75 bits per heavy atom. The molecule has 0 amide bonds. The Hall–Kier alpha value is -5.82. The molecule has 3 atom stereocenters. The Kier molecular flexibility index (Phi) is 11.3. The zero-order valence-corrected chi connectivity index (χ0v) is 35.9. The third-order valence-corrected chi connectivity index (χ3v) is 12.9. The maximum Gasteiger partial charge on any atom is 0.221 e. The maximum atomic E-state index is 13.6. The quantitative estimate of drug-likeness (QED) is 0.113. The van der Waals surface area contributed by atoms with Crippen LogP contribution in [0.25, 0.3) is 21.8 Å².